The van der Waals surface area contributed by atoms with Gasteiger partial charge in [-0.3, -0.25) is 4.79 Å². The summed E-state index contributed by atoms with van der Waals surface area (Å²) in [5.41, 5.74) is 3.85. The Hall–Kier alpha value is -3.79. The van der Waals surface area contributed by atoms with E-state index in [1.165, 1.54) is 6.07 Å². The van der Waals surface area contributed by atoms with Crippen LogP contribution in [0.3, 0.4) is 0 Å². The van der Waals surface area contributed by atoms with Gasteiger partial charge < -0.3 is 4.90 Å². The lowest BCUT2D eigenvalue weighted by atomic mass is 10.1. The number of hydrogen-bond acceptors (Lipinski definition) is 3. The maximum absolute atomic E-state index is 13.8. The number of nitriles is 1. The van der Waals surface area contributed by atoms with E-state index in [-0.39, 0.29) is 5.91 Å². The second-order valence-electron chi connectivity index (χ2n) is 7.42. The normalized spacial score (nSPS) is 12.3. The summed E-state index contributed by atoms with van der Waals surface area (Å²) >= 11 is 0. The highest BCUT2D eigenvalue weighted by Gasteiger charge is 2.29. The molecule has 0 unspecified atom stereocenters. The van der Waals surface area contributed by atoms with E-state index < -0.39 is 11.6 Å². The van der Waals surface area contributed by atoms with Gasteiger partial charge in [-0.1, -0.05) is 18.2 Å². The molecule has 7 heteroatoms. The highest BCUT2D eigenvalue weighted by atomic mass is 19.2. The summed E-state index contributed by atoms with van der Waals surface area (Å²) in [4.78, 5) is 15.0. The SMILES string of the molecule is C=CCN(Cc1ccc(C#N)cc1)C(=O)c1nn(-c2ccc(F)c(F)c2)c2c1CCC2. The van der Waals surface area contributed by atoms with E-state index in [0.29, 0.717) is 42.9 Å². The second-order valence-corrected chi connectivity index (χ2v) is 7.42. The Morgan fingerprint density at radius 2 is 1.97 bits per heavy atom. The lowest BCUT2D eigenvalue weighted by molar-refractivity contribution is 0.0755. The molecule has 0 bridgehead atoms. The van der Waals surface area contributed by atoms with Gasteiger partial charge in [0.1, 0.15) is 0 Å². The molecule has 0 fully saturated rings. The number of rotatable bonds is 6. The zero-order valence-electron chi connectivity index (χ0n) is 16.8. The topological polar surface area (TPSA) is 61.9 Å². The molecular weight excluding hydrogens is 398 g/mol. The molecule has 0 radical (unpaired) electrons. The van der Waals surface area contributed by atoms with Crippen molar-refractivity contribution in [1.29, 1.82) is 5.26 Å². The standard InChI is InChI=1S/C24H20F2N4O/c1-2-12-29(15-17-8-6-16(14-27)7-9-17)24(31)23-19-4-3-5-22(19)30(28-23)18-10-11-20(25)21(26)13-18/h2,6-11,13H,1,3-5,12,15H2. The van der Waals surface area contributed by atoms with Crippen molar-refractivity contribution in [2.45, 2.75) is 25.8 Å². The molecule has 5 nitrogen and oxygen atoms in total. The minimum Gasteiger partial charge on any atom is -0.329 e. The number of fused-ring (bicyclic) bond motifs is 1. The smallest absolute Gasteiger partial charge is 0.275 e. The van der Waals surface area contributed by atoms with Crippen molar-refractivity contribution in [1.82, 2.24) is 14.7 Å². The van der Waals surface area contributed by atoms with Crippen LogP contribution < -0.4 is 0 Å². The molecule has 1 aromatic heterocycles. The molecule has 3 aromatic rings. The molecule has 156 valence electrons. The third kappa shape index (κ3) is 3.97. The Kier molecular flexibility index (Phi) is 5.63. The zero-order chi connectivity index (χ0) is 22.0. The molecule has 0 atom stereocenters. The van der Waals surface area contributed by atoms with Crippen molar-refractivity contribution in [2.75, 3.05) is 6.54 Å². The van der Waals surface area contributed by atoms with Crippen LogP contribution in [0, 0.1) is 23.0 Å². The Balaban J connectivity index is 1.68. The largest absolute Gasteiger partial charge is 0.329 e. The van der Waals surface area contributed by atoms with Crippen LogP contribution in [0.4, 0.5) is 8.78 Å². The predicted molar refractivity (Wildman–Crippen MR) is 112 cm³/mol. The van der Waals surface area contributed by atoms with Gasteiger partial charge >= 0.3 is 0 Å². The lowest BCUT2D eigenvalue weighted by Gasteiger charge is -2.21. The molecule has 0 saturated heterocycles. The van der Waals surface area contributed by atoms with Crippen LogP contribution in [0.15, 0.2) is 55.1 Å². The van der Waals surface area contributed by atoms with E-state index in [1.54, 1.807) is 27.8 Å². The average Bonchev–Trinajstić information content (AvgIpc) is 3.38. The summed E-state index contributed by atoms with van der Waals surface area (Å²) in [6.45, 7) is 4.41. The van der Waals surface area contributed by atoms with Crippen LogP contribution in [-0.2, 0) is 19.4 Å². The van der Waals surface area contributed by atoms with E-state index >= 15 is 0 Å². The summed E-state index contributed by atoms with van der Waals surface area (Å²) in [7, 11) is 0. The summed E-state index contributed by atoms with van der Waals surface area (Å²) in [5.74, 6) is -2.13. The second kappa shape index (κ2) is 8.52. The fourth-order valence-corrected chi connectivity index (χ4v) is 3.87. The Morgan fingerprint density at radius 1 is 1.19 bits per heavy atom. The predicted octanol–water partition coefficient (Wildman–Crippen LogP) is 4.34. The maximum atomic E-state index is 13.8. The van der Waals surface area contributed by atoms with Crippen molar-refractivity contribution in [3.05, 3.63) is 94.8 Å². The lowest BCUT2D eigenvalue weighted by Crippen LogP contribution is -2.31. The van der Waals surface area contributed by atoms with Crippen LogP contribution in [0.1, 0.15) is 39.3 Å². The number of carbonyl (C=O) groups excluding carboxylic acids is 1. The molecule has 0 saturated carbocycles. The molecule has 1 aliphatic carbocycles. The molecule has 2 aromatic carbocycles. The fourth-order valence-electron chi connectivity index (χ4n) is 3.87. The van der Waals surface area contributed by atoms with Gasteiger partial charge in [-0.05, 0) is 49.1 Å². The molecule has 0 aliphatic heterocycles. The van der Waals surface area contributed by atoms with Crippen LogP contribution in [0.2, 0.25) is 0 Å². The van der Waals surface area contributed by atoms with Gasteiger partial charge in [0.15, 0.2) is 17.3 Å². The summed E-state index contributed by atoms with van der Waals surface area (Å²) in [5, 5.41) is 13.5. The number of hydrogen-bond donors (Lipinski definition) is 0. The minimum absolute atomic E-state index is 0.247. The number of carbonyl (C=O) groups is 1. The van der Waals surface area contributed by atoms with Gasteiger partial charge in [-0.2, -0.15) is 10.4 Å². The molecule has 1 amide bonds. The Bertz CT molecular complexity index is 1190. The van der Waals surface area contributed by atoms with E-state index in [0.717, 1.165) is 35.4 Å². The van der Waals surface area contributed by atoms with Crippen molar-refractivity contribution in [3.63, 3.8) is 0 Å². The van der Waals surface area contributed by atoms with Gasteiger partial charge in [-0.15, -0.1) is 6.58 Å². The van der Waals surface area contributed by atoms with E-state index in [2.05, 4.69) is 17.7 Å². The molecule has 1 aliphatic rings. The first-order valence-corrected chi connectivity index (χ1v) is 9.97. The van der Waals surface area contributed by atoms with Crippen LogP contribution in [0.5, 0.6) is 0 Å². The fraction of sp³-hybridized carbons (Fsp3) is 0.208. The van der Waals surface area contributed by atoms with Crippen LogP contribution in [-0.4, -0.2) is 27.1 Å². The molecule has 0 N–H and O–H groups in total. The quantitative estimate of drug-likeness (QED) is 0.560. The molecular formula is C24H20F2N4O. The van der Waals surface area contributed by atoms with Crippen LogP contribution in [0.25, 0.3) is 5.69 Å². The minimum atomic E-state index is -0.957. The highest BCUT2D eigenvalue weighted by Crippen LogP contribution is 2.29. The van der Waals surface area contributed by atoms with Gasteiger partial charge in [0.05, 0.1) is 17.3 Å². The summed E-state index contributed by atoms with van der Waals surface area (Å²) < 4.78 is 28.7. The van der Waals surface area contributed by atoms with Gasteiger partial charge in [-0.25, -0.2) is 13.5 Å². The molecule has 0 spiro atoms. The maximum Gasteiger partial charge on any atom is 0.275 e. The Morgan fingerprint density at radius 3 is 2.65 bits per heavy atom. The van der Waals surface area contributed by atoms with Gasteiger partial charge in [0, 0.05) is 30.4 Å². The molecule has 1 heterocycles. The first-order chi connectivity index (χ1) is 15.0. The number of halogens is 2. The van der Waals surface area contributed by atoms with Crippen molar-refractivity contribution < 1.29 is 13.6 Å². The third-order valence-electron chi connectivity index (χ3n) is 5.37. The zero-order valence-corrected chi connectivity index (χ0v) is 16.8. The number of nitrogens with zero attached hydrogens (tertiary/aromatic N) is 4. The molecule has 4 rings (SSSR count). The number of aromatic nitrogens is 2. The van der Waals surface area contributed by atoms with Crippen molar-refractivity contribution >= 4 is 5.91 Å². The van der Waals surface area contributed by atoms with Crippen LogP contribution >= 0.6 is 0 Å². The summed E-state index contributed by atoms with van der Waals surface area (Å²) in [6.07, 6.45) is 3.94. The highest BCUT2D eigenvalue weighted by molar-refractivity contribution is 5.94. The summed E-state index contributed by atoms with van der Waals surface area (Å²) in [6, 6.07) is 12.7. The third-order valence-corrected chi connectivity index (χ3v) is 5.37. The van der Waals surface area contributed by atoms with Gasteiger partial charge in [0.25, 0.3) is 5.91 Å². The van der Waals surface area contributed by atoms with E-state index in [4.69, 9.17) is 5.26 Å². The van der Waals surface area contributed by atoms with Gasteiger partial charge in [0.2, 0.25) is 0 Å². The monoisotopic (exact) mass is 418 g/mol. The number of amides is 1. The van der Waals surface area contributed by atoms with E-state index in [9.17, 15) is 13.6 Å². The average molecular weight is 418 g/mol. The number of benzene rings is 2. The first kappa shape index (κ1) is 20.5. The Labute approximate surface area is 178 Å². The first-order valence-electron chi connectivity index (χ1n) is 9.97. The van der Waals surface area contributed by atoms with Crippen molar-refractivity contribution in [3.8, 4) is 11.8 Å². The van der Waals surface area contributed by atoms with E-state index in [1.807, 2.05) is 12.1 Å². The molecule has 31 heavy (non-hydrogen) atoms. The van der Waals surface area contributed by atoms with Crippen molar-refractivity contribution in [2.24, 2.45) is 0 Å².